The van der Waals surface area contributed by atoms with Gasteiger partial charge in [-0.15, -0.1) is 0 Å². The monoisotopic (exact) mass is 310 g/mol. The largest absolute Gasteiger partial charge is 0.343 e. The summed E-state index contributed by atoms with van der Waals surface area (Å²) >= 11 is 0. The molecule has 0 N–H and O–H groups in total. The number of piperidine rings is 1. The normalized spacial score (nSPS) is 18.2. The summed E-state index contributed by atoms with van der Waals surface area (Å²) in [5.74, 6) is 0.783. The number of amides is 1. The van der Waals surface area contributed by atoms with Crippen LogP contribution in [-0.2, 0) is 6.54 Å². The van der Waals surface area contributed by atoms with Gasteiger partial charge in [-0.25, -0.2) is 0 Å². The predicted octanol–water partition coefficient (Wildman–Crippen LogP) is 4.36. The molecule has 0 unspecified atom stereocenters. The maximum Gasteiger partial charge on any atom is 0.270 e. The molecule has 1 amide bonds. The molecule has 1 fully saturated rings. The molecule has 0 aliphatic carbocycles. The van der Waals surface area contributed by atoms with Crippen LogP contribution in [0.2, 0.25) is 0 Å². The van der Waals surface area contributed by atoms with Crippen LogP contribution >= 0.6 is 0 Å². The van der Waals surface area contributed by atoms with E-state index in [1.54, 1.807) is 0 Å². The second kappa shape index (κ2) is 6.61. The van der Waals surface area contributed by atoms with Crippen LogP contribution in [0.3, 0.4) is 0 Å². The Morgan fingerprint density at radius 1 is 1.22 bits per heavy atom. The highest BCUT2D eigenvalue weighted by Gasteiger charge is 2.24. The summed E-state index contributed by atoms with van der Waals surface area (Å²) in [6.45, 7) is 9.00. The second-order valence-electron chi connectivity index (χ2n) is 6.76. The number of benzene rings is 1. The van der Waals surface area contributed by atoms with Crippen molar-refractivity contribution in [2.24, 2.45) is 5.92 Å². The predicted molar refractivity (Wildman–Crippen MR) is 94.6 cm³/mol. The average Bonchev–Trinajstić information content (AvgIpc) is 2.99. The molecule has 0 saturated carbocycles. The maximum absolute atomic E-state index is 12.9. The minimum atomic E-state index is 0.178. The third kappa shape index (κ3) is 3.34. The number of aromatic nitrogens is 1. The van der Waals surface area contributed by atoms with Crippen molar-refractivity contribution in [1.29, 1.82) is 0 Å². The Morgan fingerprint density at radius 3 is 2.61 bits per heavy atom. The Labute approximate surface area is 138 Å². The summed E-state index contributed by atoms with van der Waals surface area (Å²) in [4.78, 5) is 15.0. The van der Waals surface area contributed by atoms with E-state index in [1.165, 1.54) is 17.5 Å². The lowest BCUT2D eigenvalue weighted by molar-refractivity contribution is 0.0672. The van der Waals surface area contributed by atoms with Gasteiger partial charge in [-0.1, -0.05) is 36.8 Å². The van der Waals surface area contributed by atoms with E-state index in [0.29, 0.717) is 5.92 Å². The Hall–Kier alpha value is -2.03. The molecule has 0 bridgehead atoms. The van der Waals surface area contributed by atoms with Gasteiger partial charge in [0.1, 0.15) is 5.69 Å². The molecular weight excluding hydrogens is 284 g/mol. The van der Waals surface area contributed by atoms with Gasteiger partial charge >= 0.3 is 0 Å². The topological polar surface area (TPSA) is 25.2 Å². The van der Waals surface area contributed by atoms with E-state index in [4.69, 9.17) is 0 Å². The van der Waals surface area contributed by atoms with E-state index in [-0.39, 0.29) is 5.91 Å². The van der Waals surface area contributed by atoms with Crippen molar-refractivity contribution in [3.8, 4) is 11.1 Å². The van der Waals surface area contributed by atoms with Gasteiger partial charge in [0.2, 0.25) is 0 Å². The lowest BCUT2D eigenvalue weighted by Crippen LogP contribution is -2.39. The standard InChI is InChI=1S/C20H26N2O/c1-4-21-14-18(17-9-7-15(2)8-10-17)12-19(21)20(23)22-11-5-6-16(3)13-22/h7-10,12,14,16H,4-6,11,13H2,1-3H3/t16-/m1/s1. The number of rotatable bonds is 3. The van der Waals surface area contributed by atoms with Crippen LogP contribution in [0.25, 0.3) is 11.1 Å². The third-order valence-electron chi connectivity index (χ3n) is 4.79. The second-order valence-corrected chi connectivity index (χ2v) is 6.76. The third-order valence-corrected chi connectivity index (χ3v) is 4.79. The summed E-state index contributed by atoms with van der Waals surface area (Å²) < 4.78 is 2.08. The van der Waals surface area contributed by atoms with Gasteiger partial charge in [-0.05, 0) is 44.2 Å². The first kappa shape index (κ1) is 15.9. The van der Waals surface area contributed by atoms with E-state index in [1.807, 2.05) is 4.90 Å². The van der Waals surface area contributed by atoms with E-state index in [9.17, 15) is 4.79 Å². The van der Waals surface area contributed by atoms with Crippen molar-refractivity contribution in [3.63, 3.8) is 0 Å². The summed E-state index contributed by atoms with van der Waals surface area (Å²) in [6.07, 6.45) is 4.45. The number of carbonyl (C=O) groups is 1. The van der Waals surface area contributed by atoms with Gasteiger partial charge in [0.05, 0.1) is 0 Å². The van der Waals surface area contributed by atoms with Crippen molar-refractivity contribution >= 4 is 5.91 Å². The molecule has 3 nitrogen and oxygen atoms in total. The molecule has 122 valence electrons. The Bertz CT molecular complexity index is 684. The molecule has 3 rings (SSSR count). The molecular formula is C20H26N2O. The zero-order chi connectivity index (χ0) is 16.4. The van der Waals surface area contributed by atoms with Gasteiger partial charge in [0.25, 0.3) is 5.91 Å². The summed E-state index contributed by atoms with van der Waals surface area (Å²) in [5, 5.41) is 0. The van der Waals surface area contributed by atoms with Crippen LogP contribution in [0.4, 0.5) is 0 Å². The zero-order valence-corrected chi connectivity index (χ0v) is 14.4. The molecule has 0 spiro atoms. The maximum atomic E-state index is 12.9. The molecule has 2 heterocycles. The molecule has 1 aliphatic heterocycles. The highest BCUT2D eigenvalue weighted by Crippen LogP contribution is 2.25. The van der Waals surface area contributed by atoms with Gasteiger partial charge in [-0.2, -0.15) is 0 Å². The molecule has 1 aromatic heterocycles. The molecule has 0 radical (unpaired) electrons. The van der Waals surface area contributed by atoms with Crippen LogP contribution in [0.15, 0.2) is 36.5 Å². The van der Waals surface area contributed by atoms with E-state index < -0.39 is 0 Å². The minimum absolute atomic E-state index is 0.178. The summed E-state index contributed by atoms with van der Waals surface area (Å²) in [6, 6.07) is 10.5. The van der Waals surface area contributed by atoms with Crippen molar-refractivity contribution < 1.29 is 4.79 Å². The van der Waals surface area contributed by atoms with Gasteiger partial charge < -0.3 is 9.47 Å². The molecule has 1 saturated heterocycles. The lowest BCUT2D eigenvalue weighted by Gasteiger charge is -2.31. The number of aryl methyl sites for hydroxylation is 2. The Balaban J connectivity index is 1.89. The summed E-state index contributed by atoms with van der Waals surface area (Å²) in [5.41, 5.74) is 4.36. The lowest BCUT2D eigenvalue weighted by atomic mass is 10.00. The first-order valence-electron chi connectivity index (χ1n) is 8.65. The Morgan fingerprint density at radius 2 is 1.96 bits per heavy atom. The van der Waals surface area contributed by atoms with E-state index in [0.717, 1.165) is 37.3 Å². The number of hydrogen-bond donors (Lipinski definition) is 0. The molecule has 23 heavy (non-hydrogen) atoms. The van der Waals surface area contributed by atoms with Crippen LogP contribution in [0, 0.1) is 12.8 Å². The van der Waals surface area contributed by atoms with E-state index >= 15 is 0 Å². The van der Waals surface area contributed by atoms with Crippen LogP contribution in [0.1, 0.15) is 42.7 Å². The summed E-state index contributed by atoms with van der Waals surface area (Å²) in [7, 11) is 0. The number of hydrogen-bond acceptors (Lipinski definition) is 1. The first-order valence-corrected chi connectivity index (χ1v) is 8.65. The van der Waals surface area contributed by atoms with E-state index in [2.05, 4.69) is 61.9 Å². The van der Waals surface area contributed by atoms with Crippen molar-refractivity contribution in [2.45, 2.75) is 40.2 Å². The molecule has 1 atom stereocenters. The molecule has 3 heteroatoms. The van der Waals surface area contributed by atoms with Crippen LogP contribution < -0.4 is 0 Å². The molecule has 1 aliphatic rings. The highest BCUT2D eigenvalue weighted by molar-refractivity contribution is 5.94. The van der Waals surface area contributed by atoms with Crippen molar-refractivity contribution in [3.05, 3.63) is 47.8 Å². The van der Waals surface area contributed by atoms with Crippen molar-refractivity contribution in [1.82, 2.24) is 9.47 Å². The molecule has 1 aromatic carbocycles. The highest BCUT2D eigenvalue weighted by atomic mass is 16.2. The smallest absolute Gasteiger partial charge is 0.270 e. The minimum Gasteiger partial charge on any atom is -0.343 e. The average molecular weight is 310 g/mol. The van der Waals surface area contributed by atoms with Gasteiger partial charge in [0.15, 0.2) is 0 Å². The number of likely N-dealkylation sites (tertiary alicyclic amines) is 1. The van der Waals surface area contributed by atoms with Crippen LogP contribution in [0.5, 0.6) is 0 Å². The SMILES string of the molecule is CCn1cc(-c2ccc(C)cc2)cc1C(=O)N1CCC[C@@H](C)C1. The fourth-order valence-electron chi connectivity index (χ4n) is 3.39. The Kier molecular flexibility index (Phi) is 4.56. The fourth-order valence-corrected chi connectivity index (χ4v) is 3.39. The quantitative estimate of drug-likeness (QED) is 0.827. The number of carbonyl (C=O) groups excluding carboxylic acids is 1. The first-order chi connectivity index (χ1) is 11.1. The number of nitrogens with zero attached hydrogens (tertiary/aromatic N) is 2. The van der Waals surface area contributed by atoms with Crippen molar-refractivity contribution in [2.75, 3.05) is 13.1 Å². The van der Waals surface area contributed by atoms with Gasteiger partial charge in [-0.3, -0.25) is 4.79 Å². The molecule has 2 aromatic rings. The van der Waals surface area contributed by atoms with Crippen LogP contribution in [-0.4, -0.2) is 28.5 Å². The zero-order valence-electron chi connectivity index (χ0n) is 14.4. The van der Waals surface area contributed by atoms with Gasteiger partial charge in [0, 0.05) is 31.4 Å². The fraction of sp³-hybridized carbons (Fsp3) is 0.450.